The molecular weight excluding hydrogens is 378 g/mol. The molecule has 150 valence electrons. The van der Waals surface area contributed by atoms with Crippen LogP contribution in [0, 0.1) is 6.92 Å². The molecule has 0 unspecified atom stereocenters. The number of aryl methyl sites for hydroxylation is 1. The number of ether oxygens (including phenoxy) is 1. The number of likely N-dealkylation sites (N-methyl/N-ethyl adjacent to an activating group) is 1. The first-order chi connectivity index (χ1) is 13.3. The van der Waals surface area contributed by atoms with Crippen LogP contribution in [-0.4, -0.2) is 64.5 Å². The molecule has 0 atom stereocenters. The van der Waals surface area contributed by atoms with Crippen LogP contribution in [0.25, 0.3) is 0 Å². The number of hydrogen-bond donors (Lipinski definition) is 1. The van der Waals surface area contributed by atoms with Crippen molar-refractivity contribution in [2.45, 2.75) is 11.8 Å². The fourth-order valence-electron chi connectivity index (χ4n) is 3.08. The topological polar surface area (TPSA) is 78.9 Å². The minimum Gasteiger partial charge on any atom is -0.495 e. The zero-order valence-electron chi connectivity index (χ0n) is 16.3. The number of nitrogens with zero attached hydrogens (tertiary/aromatic N) is 2. The molecule has 0 saturated carbocycles. The summed E-state index contributed by atoms with van der Waals surface area (Å²) >= 11 is 0. The summed E-state index contributed by atoms with van der Waals surface area (Å²) < 4.78 is 33.2. The number of benzene rings is 2. The SMILES string of the molecule is COc1ccc(C)cc1S(=O)(=O)Nc1ccc(C(=O)N2CCN(C)CC2)cc1. The smallest absolute Gasteiger partial charge is 0.265 e. The van der Waals surface area contributed by atoms with Crippen LogP contribution in [0.4, 0.5) is 5.69 Å². The van der Waals surface area contributed by atoms with E-state index in [0.717, 1.165) is 18.7 Å². The first-order valence-corrected chi connectivity index (χ1v) is 10.5. The summed E-state index contributed by atoms with van der Waals surface area (Å²) in [5, 5.41) is 0. The molecule has 0 spiro atoms. The van der Waals surface area contributed by atoms with E-state index < -0.39 is 10.0 Å². The zero-order chi connectivity index (χ0) is 20.3. The number of methoxy groups -OCH3 is 1. The maximum Gasteiger partial charge on any atom is 0.265 e. The quantitative estimate of drug-likeness (QED) is 0.828. The lowest BCUT2D eigenvalue weighted by Crippen LogP contribution is -2.47. The van der Waals surface area contributed by atoms with Crippen molar-refractivity contribution in [3.05, 3.63) is 53.6 Å². The predicted octanol–water partition coefficient (Wildman–Crippen LogP) is 2.19. The van der Waals surface area contributed by atoms with E-state index in [2.05, 4.69) is 9.62 Å². The van der Waals surface area contributed by atoms with Gasteiger partial charge in [0.15, 0.2) is 0 Å². The summed E-state index contributed by atoms with van der Waals surface area (Å²) in [5.41, 5.74) is 1.74. The second-order valence-electron chi connectivity index (χ2n) is 6.93. The molecule has 8 heteroatoms. The van der Waals surface area contributed by atoms with E-state index in [4.69, 9.17) is 4.74 Å². The van der Waals surface area contributed by atoms with Gasteiger partial charge in [-0.1, -0.05) is 6.07 Å². The van der Waals surface area contributed by atoms with Crippen LogP contribution in [0.2, 0.25) is 0 Å². The molecule has 1 amide bonds. The van der Waals surface area contributed by atoms with Crippen molar-refractivity contribution in [2.24, 2.45) is 0 Å². The number of anilines is 1. The maximum absolute atomic E-state index is 12.8. The monoisotopic (exact) mass is 403 g/mol. The lowest BCUT2D eigenvalue weighted by atomic mass is 10.1. The van der Waals surface area contributed by atoms with E-state index in [0.29, 0.717) is 24.3 Å². The number of sulfonamides is 1. The largest absolute Gasteiger partial charge is 0.495 e. The van der Waals surface area contributed by atoms with Crippen LogP contribution in [0.3, 0.4) is 0 Å². The van der Waals surface area contributed by atoms with E-state index in [9.17, 15) is 13.2 Å². The number of carbonyl (C=O) groups is 1. The van der Waals surface area contributed by atoms with Crippen molar-refractivity contribution in [1.82, 2.24) is 9.80 Å². The Bertz CT molecular complexity index is 950. The Kier molecular flexibility index (Phi) is 5.90. The molecule has 1 saturated heterocycles. The minimum absolute atomic E-state index is 0.0390. The molecule has 1 aliphatic heterocycles. The van der Waals surface area contributed by atoms with Gasteiger partial charge in [-0.05, 0) is 55.9 Å². The average molecular weight is 404 g/mol. The van der Waals surface area contributed by atoms with E-state index in [-0.39, 0.29) is 16.6 Å². The molecular formula is C20H25N3O4S. The number of hydrogen-bond acceptors (Lipinski definition) is 5. The van der Waals surface area contributed by atoms with E-state index in [1.807, 2.05) is 18.9 Å². The van der Waals surface area contributed by atoms with Crippen LogP contribution in [0.5, 0.6) is 5.75 Å². The molecule has 1 fully saturated rings. The third kappa shape index (κ3) is 4.45. The van der Waals surface area contributed by atoms with Crippen LogP contribution in [-0.2, 0) is 10.0 Å². The third-order valence-electron chi connectivity index (χ3n) is 4.78. The Hall–Kier alpha value is -2.58. The van der Waals surface area contributed by atoms with Gasteiger partial charge in [0.25, 0.3) is 15.9 Å². The van der Waals surface area contributed by atoms with Gasteiger partial charge in [-0.2, -0.15) is 0 Å². The Morgan fingerprint density at radius 3 is 2.29 bits per heavy atom. The van der Waals surface area contributed by atoms with Crippen LogP contribution < -0.4 is 9.46 Å². The maximum atomic E-state index is 12.8. The standard InChI is InChI=1S/C20H25N3O4S/c1-15-4-9-18(27-3)19(14-15)28(25,26)21-17-7-5-16(6-8-17)20(24)23-12-10-22(2)11-13-23/h4-9,14,21H,10-13H2,1-3H3. The van der Waals surface area contributed by atoms with E-state index >= 15 is 0 Å². The lowest BCUT2D eigenvalue weighted by Gasteiger charge is -2.32. The highest BCUT2D eigenvalue weighted by Gasteiger charge is 2.22. The predicted molar refractivity (Wildman–Crippen MR) is 108 cm³/mol. The molecule has 0 bridgehead atoms. The molecule has 0 aromatic heterocycles. The highest BCUT2D eigenvalue weighted by Crippen LogP contribution is 2.27. The fraction of sp³-hybridized carbons (Fsp3) is 0.350. The van der Waals surface area contributed by atoms with Crippen LogP contribution in [0.15, 0.2) is 47.4 Å². The Morgan fingerprint density at radius 1 is 1.04 bits per heavy atom. The molecule has 1 aliphatic rings. The first-order valence-electron chi connectivity index (χ1n) is 9.05. The Labute approximate surface area is 166 Å². The number of nitrogens with one attached hydrogen (secondary N) is 1. The minimum atomic E-state index is -3.81. The lowest BCUT2D eigenvalue weighted by molar-refractivity contribution is 0.0664. The van der Waals surface area contributed by atoms with Crippen molar-refractivity contribution in [3.8, 4) is 5.75 Å². The Morgan fingerprint density at radius 2 is 1.68 bits per heavy atom. The fourth-order valence-corrected chi connectivity index (χ4v) is 4.39. The molecule has 28 heavy (non-hydrogen) atoms. The number of amides is 1. The van der Waals surface area contributed by atoms with Gasteiger partial charge < -0.3 is 14.5 Å². The summed E-state index contributed by atoms with van der Waals surface area (Å²) in [6.07, 6.45) is 0. The molecule has 3 rings (SSSR count). The molecule has 7 nitrogen and oxygen atoms in total. The summed E-state index contributed by atoms with van der Waals surface area (Å²) in [7, 11) is -0.348. The summed E-state index contributed by atoms with van der Waals surface area (Å²) in [6.45, 7) is 4.90. The second-order valence-corrected chi connectivity index (χ2v) is 8.58. The normalized spacial score (nSPS) is 15.3. The molecule has 0 aliphatic carbocycles. The van der Waals surface area contributed by atoms with Gasteiger partial charge >= 0.3 is 0 Å². The van der Waals surface area contributed by atoms with Crippen LogP contribution >= 0.6 is 0 Å². The summed E-state index contributed by atoms with van der Waals surface area (Å²) in [5.74, 6) is 0.239. The van der Waals surface area contributed by atoms with E-state index in [1.165, 1.54) is 7.11 Å². The third-order valence-corrected chi connectivity index (χ3v) is 6.19. The zero-order valence-corrected chi connectivity index (χ0v) is 17.1. The van der Waals surface area contributed by atoms with Gasteiger partial charge in [0.05, 0.1) is 7.11 Å². The Balaban J connectivity index is 1.75. The van der Waals surface area contributed by atoms with E-state index in [1.54, 1.807) is 42.5 Å². The van der Waals surface area contributed by atoms with Gasteiger partial charge in [0.1, 0.15) is 10.6 Å². The van der Waals surface area contributed by atoms with Crippen molar-refractivity contribution in [1.29, 1.82) is 0 Å². The molecule has 2 aromatic rings. The van der Waals surface area contributed by atoms with Crippen LogP contribution in [0.1, 0.15) is 15.9 Å². The number of carbonyl (C=O) groups excluding carboxylic acids is 1. The van der Waals surface area contributed by atoms with Crippen molar-refractivity contribution in [2.75, 3.05) is 45.1 Å². The van der Waals surface area contributed by atoms with Gasteiger partial charge in [-0.3, -0.25) is 9.52 Å². The molecule has 1 heterocycles. The molecule has 0 radical (unpaired) electrons. The van der Waals surface area contributed by atoms with Crippen molar-refractivity contribution in [3.63, 3.8) is 0 Å². The molecule has 2 aromatic carbocycles. The second kappa shape index (κ2) is 8.20. The highest BCUT2D eigenvalue weighted by molar-refractivity contribution is 7.92. The summed E-state index contributed by atoms with van der Waals surface area (Å²) in [4.78, 5) is 16.7. The van der Waals surface area contributed by atoms with Gasteiger partial charge in [-0.15, -0.1) is 0 Å². The van der Waals surface area contributed by atoms with Crippen molar-refractivity contribution >= 4 is 21.6 Å². The first kappa shape index (κ1) is 20.2. The van der Waals surface area contributed by atoms with Crippen molar-refractivity contribution < 1.29 is 17.9 Å². The van der Waals surface area contributed by atoms with Gasteiger partial charge in [-0.25, -0.2) is 8.42 Å². The highest BCUT2D eigenvalue weighted by atomic mass is 32.2. The number of piperazine rings is 1. The average Bonchev–Trinajstić information content (AvgIpc) is 2.68. The van der Waals surface area contributed by atoms with Gasteiger partial charge in [0, 0.05) is 37.4 Å². The summed E-state index contributed by atoms with van der Waals surface area (Å²) in [6, 6.07) is 11.5. The number of rotatable bonds is 5. The van der Waals surface area contributed by atoms with Gasteiger partial charge in [0.2, 0.25) is 0 Å². The molecule has 1 N–H and O–H groups in total.